The molecule has 21 heavy (non-hydrogen) atoms. The first-order valence-corrected chi connectivity index (χ1v) is 8.85. The van der Waals surface area contributed by atoms with E-state index in [4.69, 9.17) is 0 Å². The minimum absolute atomic E-state index is 0.0193. The Labute approximate surface area is 128 Å². The summed E-state index contributed by atoms with van der Waals surface area (Å²) < 4.78 is 0. The van der Waals surface area contributed by atoms with Crippen LogP contribution in [0.15, 0.2) is 0 Å². The van der Waals surface area contributed by atoms with Gasteiger partial charge in [0.15, 0.2) is 0 Å². The lowest BCUT2D eigenvalue weighted by Gasteiger charge is -2.65. The molecule has 4 bridgehead atoms. The first kappa shape index (κ1) is 14.0. The average Bonchev–Trinajstić information content (AvgIpc) is 2.34. The zero-order valence-corrected chi connectivity index (χ0v) is 13.9. The third-order valence-electron chi connectivity index (χ3n) is 6.84. The Kier molecular flexibility index (Phi) is 2.84. The summed E-state index contributed by atoms with van der Waals surface area (Å²) in [6.07, 6.45) is 7.57. The predicted molar refractivity (Wildman–Crippen MR) is 83.9 cm³/mol. The number of carbonyl (C=O) groups excluding carboxylic acids is 1. The van der Waals surface area contributed by atoms with Crippen molar-refractivity contribution in [2.75, 3.05) is 19.6 Å². The van der Waals surface area contributed by atoms with Crippen molar-refractivity contribution in [1.29, 1.82) is 0 Å². The highest BCUT2D eigenvalue weighted by molar-refractivity contribution is 5.84. The summed E-state index contributed by atoms with van der Waals surface area (Å²) in [7, 11) is 0. The maximum atomic E-state index is 13.4. The topological polar surface area (TPSA) is 32.3 Å². The van der Waals surface area contributed by atoms with Crippen molar-refractivity contribution in [3.05, 3.63) is 0 Å². The van der Waals surface area contributed by atoms with Gasteiger partial charge in [-0.3, -0.25) is 4.79 Å². The maximum Gasteiger partial charge on any atom is 0.229 e. The van der Waals surface area contributed by atoms with E-state index in [-0.39, 0.29) is 5.41 Å². The van der Waals surface area contributed by atoms with E-state index in [9.17, 15) is 4.79 Å². The van der Waals surface area contributed by atoms with Gasteiger partial charge in [-0.05, 0) is 62.2 Å². The molecule has 1 aliphatic heterocycles. The third-order valence-corrected chi connectivity index (χ3v) is 6.84. The second kappa shape index (κ2) is 4.24. The SMILES string of the molecule is CC1CNCCN1C(=O)C12CC3CC(C)(CC(C)(C3)C1)C2. The molecule has 1 heterocycles. The molecule has 3 atom stereocenters. The average molecular weight is 290 g/mol. The lowest BCUT2D eigenvalue weighted by molar-refractivity contribution is -0.181. The second-order valence-electron chi connectivity index (χ2n) is 9.46. The molecule has 5 rings (SSSR count). The van der Waals surface area contributed by atoms with E-state index >= 15 is 0 Å². The molecule has 3 heteroatoms. The highest BCUT2D eigenvalue weighted by Crippen LogP contribution is 2.69. The molecule has 0 spiro atoms. The van der Waals surface area contributed by atoms with Gasteiger partial charge >= 0.3 is 0 Å². The molecule has 5 aliphatic rings. The van der Waals surface area contributed by atoms with E-state index in [1.165, 1.54) is 25.7 Å². The summed E-state index contributed by atoms with van der Waals surface area (Å²) in [5.74, 6) is 1.30. The van der Waals surface area contributed by atoms with Gasteiger partial charge in [0.25, 0.3) is 0 Å². The first-order chi connectivity index (χ1) is 9.83. The lowest BCUT2D eigenvalue weighted by atomic mass is 9.40. The van der Waals surface area contributed by atoms with Crippen molar-refractivity contribution < 1.29 is 4.79 Å². The Morgan fingerprint density at radius 2 is 1.76 bits per heavy atom. The number of rotatable bonds is 1. The fourth-order valence-corrected chi connectivity index (χ4v) is 7.13. The van der Waals surface area contributed by atoms with Crippen molar-refractivity contribution in [2.45, 2.75) is 65.3 Å². The van der Waals surface area contributed by atoms with Crippen molar-refractivity contribution in [3.63, 3.8) is 0 Å². The van der Waals surface area contributed by atoms with Crippen molar-refractivity contribution in [1.82, 2.24) is 10.2 Å². The minimum atomic E-state index is -0.0193. The van der Waals surface area contributed by atoms with E-state index in [0.29, 0.717) is 22.8 Å². The van der Waals surface area contributed by atoms with Gasteiger partial charge in [0.1, 0.15) is 0 Å². The molecule has 1 amide bonds. The van der Waals surface area contributed by atoms with E-state index in [1.807, 2.05) is 0 Å². The Bertz CT molecular complexity index is 456. The highest BCUT2D eigenvalue weighted by Gasteiger charge is 2.63. The van der Waals surface area contributed by atoms with Gasteiger partial charge < -0.3 is 10.2 Å². The number of carbonyl (C=O) groups is 1. The van der Waals surface area contributed by atoms with E-state index in [2.05, 4.69) is 31.0 Å². The third kappa shape index (κ3) is 2.07. The van der Waals surface area contributed by atoms with E-state index in [0.717, 1.165) is 38.4 Å². The molecular formula is C18H30N2O. The number of nitrogens with zero attached hydrogens (tertiary/aromatic N) is 1. The van der Waals surface area contributed by atoms with Gasteiger partial charge in [0, 0.05) is 25.7 Å². The molecule has 0 aromatic rings. The van der Waals surface area contributed by atoms with Crippen LogP contribution in [0.2, 0.25) is 0 Å². The Hall–Kier alpha value is -0.570. The normalized spacial score (nSPS) is 52.2. The summed E-state index contributed by atoms with van der Waals surface area (Å²) in [5, 5.41) is 3.41. The quantitative estimate of drug-likeness (QED) is 0.805. The van der Waals surface area contributed by atoms with Crippen LogP contribution in [0, 0.1) is 22.2 Å². The van der Waals surface area contributed by atoms with Crippen LogP contribution in [0.4, 0.5) is 0 Å². The zero-order chi connectivity index (χ0) is 14.9. The van der Waals surface area contributed by atoms with Crippen LogP contribution in [0.3, 0.4) is 0 Å². The van der Waals surface area contributed by atoms with Crippen LogP contribution < -0.4 is 5.32 Å². The van der Waals surface area contributed by atoms with Gasteiger partial charge in [-0.2, -0.15) is 0 Å². The summed E-state index contributed by atoms with van der Waals surface area (Å²) in [4.78, 5) is 15.6. The Morgan fingerprint density at radius 3 is 2.33 bits per heavy atom. The number of hydrogen-bond acceptors (Lipinski definition) is 2. The standard InChI is InChI=1S/C18H30N2O/c1-13-9-19-4-5-20(13)15(21)18-8-14-6-16(2,11-18)10-17(3,7-14)12-18/h13-14,19H,4-12H2,1-3H3. The number of hydrogen-bond donors (Lipinski definition) is 1. The zero-order valence-electron chi connectivity index (χ0n) is 13.9. The van der Waals surface area contributed by atoms with Gasteiger partial charge in [-0.25, -0.2) is 0 Å². The summed E-state index contributed by atoms with van der Waals surface area (Å²) >= 11 is 0. The van der Waals surface area contributed by atoms with Gasteiger partial charge in [0.05, 0.1) is 5.41 Å². The van der Waals surface area contributed by atoms with Crippen LogP contribution in [-0.2, 0) is 4.79 Å². The number of nitrogens with one attached hydrogen (secondary N) is 1. The Morgan fingerprint density at radius 1 is 1.10 bits per heavy atom. The molecule has 5 fully saturated rings. The maximum absolute atomic E-state index is 13.4. The molecule has 3 unspecified atom stereocenters. The smallest absolute Gasteiger partial charge is 0.229 e. The first-order valence-electron chi connectivity index (χ1n) is 8.85. The van der Waals surface area contributed by atoms with Crippen molar-refractivity contribution in [2.24, 2.45) is 22.2 Å². The van der Waals surface area contributed by atoms with Gasteiger partial charge in [0.2, 0.25) is 5.91 Å². The van der Waals surface area contributed by atoms with Gasteiger partial charge in [-0.1, -0.05) is 13.8 Å². The highest BCUT2D eigenvalue weighted by atomic mass is 16.2. The van der Waals surface area contributed by atoms with Crippen molar-refractivity contribution in [3.8, 4) is 0 Å². The van der Waals surface area contributed by atoms with Crippen LogP contribution in [0.25, 0.3) is 0 Å². The second-order valence-corrected chi connectivity index (χ2v) is 9.46. The van der Waals surface area contributed by atoms with Crippen LogP contribution in [-0.4, -0.2) is 36.5 Å². The van der Waals surface area contributed by atoms with Crippen molar-refractivity contribution >= 4 is 5.91 Å². The molecule has 4 aliphatic carbocycles. The molecule has 0 radical (unpaired) electrons. The summed E-state index contributed by atoms with van der Waals surface area (Å²) in [6.45, 7) is 9.94. The van der Waals surface area contributed by atoms with Crippen LogP contribution in [0.1, 0.15) is 59.3 Å². The van der Waals surface area contributed by atoms with Crippen LogP contribution >= 0.6 is 0 Å². The molecular weight excluding hydrogens is 260 g/mol. The molecule has 4 saturated carbocycles. The lowest BCUT2D eigenvalue weighted by Crippen LogP contribution is -2.63. The summed E-state index contributed by atoms with van der Waals surface area (Å²) in [5.41, 5.74) is 0.844. The van der Waals surface area contributed by atoms with E-state index < -0.39 is 0 Å². The molecule has 118 valence electrons. The molecule has 0 aromatic heterocycles. The Balaban J connectivity index is 1.66. The molecule has 0 aromatic carbocycles. The minimum Gasteiger partial charge on any atom is -0.337 e. The molecule has 1 saturated heterocycles. The number of amides is 1. The predicted octanol–water partition coefficient (Wildman–Crippen LogP) is 2.80. The number of piperazine rings is 1. The van der Waals surface area contributed by atoms with Gasteiger partial charge in [-0.15, -0.1) is 0 Å². The molecule has 1 N–H and O–H groups in total. The summed E-state index contributed by atoms with van der Waals surface area (Å²) in [6, 6.07) is 0.361. The largest absolute Gasteiger partial charge is 0.337 e. The molecule has 3 nitrogen and oxygen atoms in total. The monoisotopic (exact) mass is 290 g/mol. The van der Waals surface area contributed by atoms with Crippen LogP contribution in [0.5, 0.6) is 0 Å². The fraction of sp³-hybridized carbons (Fsp3) is 0.944. The van der Waals surface area contributed by atoms with E-state index in [1.54, 1.807) is 0 Å². The fourth-order valence-electron chi connectivity index (χ4n) is 7.13.